The first-order chi connectivity index (χ1) is 6.79. The lowest BCUT2D eigenvalue weighted by molar-refractivity contribution is 0.707. The molecular weight excluding hydrogens is 172 g/mol. The summed E-state index contributed by atoms with van der Waals surface area (Å²) in [4.78, 5) is 4.18. The number of allylic oxidation sites excluding steroid dienone is 2. The summed E-state index contributed by atoms with van der Waals surface area (Å²) in [5.74, 6) is 0.667. The van der Waals surface area contributed by atoms with Crippen LogP contribution in [0.4, 0.5) is 0 Å². The van der Waals surface area contributed by atoms with Crippen LogP contribution < -0.4 is 5.32 Å². The Hall–Kier alpha value is -1.31. The number of rotatable bonds is 0. The van der Waals surface area contributed by atoms with Gasteiger partial charge in [0.1, 0.15) is 5.82 Å². The first kappa shape index (κ1) is 10.8. The normalized spacial score (nSPS) is 24.3. The van der Waals surface area contributed by atoms with Crippen molar-refractivity contribution in [1.82, 2.24) is 5.32 Å². The molecule has 14 heavy (non-hydrogen) atoms. The average Bonchev–Trinajstić information content (AvgIpc) is 2.13. The quantitative estimate of drug-likeness (QED) is 0.623. The van der Waals surface area contributed by atoms with Crippen molar-refractivity contribution in [1.29, 1.82) is 0 Å². The molecule has 0 radical (unpaired) electrons. The molecule has 0 aromatic carbocycles. The molecule has 0 fully saturated rings. The van der Waals surface area contributed by atoms with Crippen LogP contribution in [0, 0.1) is 0 Å². The van der Waals surface area contributed by atoms with Gasteiger partial charge in [-0.3, -0.25) is 0 Å². The van der Waals surface area contributed by atoms with E-state index in [0.717, 1.165) is 18.5 Å². The number of nitrogens with one attached hydrogen (secondary N) is 1. The summed E-state index contributed by atoms with van der Waals surface area (Å²) in [6.07, 6.45) is 12.0. The Balaban J connectivity index is 2.51. The molecule has 0 aromatic heterocycles. The molecule has 1 aliphatic heterocycles. The number of hydrogen-bond donors (Lipinski definition) is 1. The predicted octanol–water partition coefficient (Wildman–Crippen LogP) is 3.15. The Morgan fingerprint density at radius 3 is 2.79 bits per heavy atom. The van der Waals surface area contributed by atoms with Crippen LogP contribution in [-0.2, 0) is 0 Å². The first-order valence-corrected chi connectivity index (χ1v) is 5.13. The highest BCUT2D eigenvalue weighted by Gasteiger charge is 1.92. The van der Waals surface area contributed by atoms with Crippen LogP contribution in [0.3, 0.4) is 0 Å². The highest BCUT2D eigenvalue weighted by atomic mass is 15.0. The maximum Gasteiger partial charge on any atom is 0.122 e. The zero-order valence-electron chi connectivity index (χ0n) is 8.63. The standard InChI is InChI=1S/C12H18N2/c1-11-9-7-5-3-4-6-8-10-13-12(2)14-11/h7,9-10,14H,1-6,8H2/b9-7-,13-10-. The molecule has 0 bridgehead atoms. The summed E-state index contributed by atoms with van der Waals surface area (Å²) in [6, 6.07) is 0. The van der Waals surface area contributed by atoms with Crippen LogP contribution in [0.5, 0.6) is 0 Å². The van der Waals surface area contributed by atoms with E-state index in [1.54, 1.807) is 0 Å². The molecule has 1 heterocycles. The molecule has 0 spiro atoms. The minimum Gasteiger partial charge on any atom is -0.341 e. The Morgan fingerprint density at radius 1 is 1.14 bits per heavy atom. The largest absolute Gasteiger partial charge is 0.341 e. The second kappa shape index (κ2) is 6.19. The number of aliphatic imine (C=N–C) groups is 1. The lowest BCUT2D eigenvalue weighted by atomic mass is 10.1. The highest BCUT2D eigenvalue weighted by molar-refractivity contribution is 5.58. The van der Waals surface area contributed by atoms with Gasteiger partial charge in [-0.05, 0) is 31.8 Å². The van der Waals surface area contributed by atoms with E-state index in [-0.39, 0.29) is 0 Å². The van der Waals surface area contributed by atoms with Crippen molar-refractivity contribution in [3.8, 4) is 0 Å². The Labute approximate surface area is 86.1 Å². The van der Waals surface area contributed by atoms with E-state index in [0.29, 0.717) is 5.82 Å². The van der Waals surface area contributed by atoms with E-state index in [1.807, 2.05) is 12.3 Å². The summed E-state index contributed by atoms with van der Waals surface area (Å²) in [7, 11) is 0. The summed E-state index contributed by atoms with van der Waals surface area (Å²) in [6.45, 7) is 7.65. The van der Waals surface area contributed by atoms with Gasteiger partial charge in [0.2, 0.25) is 0 Å². The third-order valence-corrected chi connectivity index (χ3v) is 2.08. The third kappa shape index (κ3) is 4.65. The van der Waals surface area contributed by atoms with Gasteiger partial charge in [-0.1, -0.05) is 25.7 Å². The Kier molecular flexibility index (Phi) is 4.76. The van der Waals surface area contributed by atoms with Crippen molar-refractivity contribution in [2.45, 2.75) is 32.1 Å². The van der Waals surface area contributed by atoms with E-state index in [4.69, 9.17) is 0 Å². The number of nitrogens with zero attached hydrogens (tertiary/aromatic N) is 1. The van der Waals surface area contributed by atoms with Crippen LogP contribution in [0.1, 0.15) is 32.1 Å². The maximum atomic E-state index is 4.18. The summed E-state index contributed by atoms with van der Waals surface area (Å²) in [5.41, 5.74) is 0.854. The minimum absolute atomic E-state index is 0.667. The van der Waals surface area contributed by atoms with Crippen LogP contribution in [0.25, 0.3) is 0 Å². The smallest absolute Gasteiger partial charge is 0.122 e. The second-order valence-corrected chi connectivity index (χ2v) is 3.45. The molecule has 76 valence electrons. The SMILES string of the molecule is C=C1/C=C\CCCCC/C=N\C(=C)N1. The van der Waals surface area contributed by atoms with E-state index in [9.17, 15) is 0 Å². The topological polar surface area (TPSA) is 24.4 Å². The fraction of sp³-hybridized carbons (Fsp3) is 0.417. The zero-order valence-corrected chi connectivity index (χ0v) is 8.63. The van der Waals surface area contributed by atoms with Crippen LogP contribution in [0.2, 0.25) is 0 Å². The summed E-state index contributed by atoms with van der Waals surface area (Å²) in [5, 5.41) is 3.02. The summed E-state index contributed by atoms with van der Waals surface area (Å²) < 4.78 is 0. The van der Waals surface area contributed by atoms with Gasteiger partial charge < -0.3 is 5.32 Å². The molecule has 1 N–H and O–H groups in total. The fourth-order valence-electron chi connectivity index (χ4n) is 1.33. The lowest BCUT2D eigenvalue weighted by Gasteiger charge is -2.05. The fourth-order valence-corrected chi connectivity index (χ4v) is 1.33. The Bertz CT molecular complexity index is 235. The highest BCUT2D eigenvalue weighted by Crippen LogP contribution is 2.05. The molecule has 2 nitrogen and oxygen atoms in total. The van der Waals surface area contributed by atoms with Gasteiger partial charge in [0, 0.05) is 11.9 Å². The maximum absolute atomic E-state index is 4.18. The molecule has 1 rings (SSSR count). The molecule has 0 unspecified atom stereocenters. The van der Waals surface area contributed by atoms with E-state index >= 15 is 0 Å². The van der Waals surface area contributed by atoms with Crippen molar-refractivity contribution in [2.75, 3.05) is 0 Å². The minimum atomic E-state index is 0.667. The molecule has 0 saturated carbocycles. The van der Waals surface area contributed by atoms with Crippen molar-refractivity contribution in [3.05, 3.63) is 36.8 Å². The lowest BCUT2D eigenvalue weighted by Crippen LogP contribution is -2.07. The second-order valence-electron chi connectivity index (χ2n) is 3.45. The van der Waals surface area contributed by atoms with Crippen molar-refractivity contribution in [2.24, 2.45) is 4.99 Å². The first-order valence-electron chi connectivity index (χ1n) is 5.13. The van der Waals surface area contributed by atoms with Crippen LogP contribution in [-0.4, -0.2) is 6.21 Å². The Morgan fingerprint density at radius 2 is 1.93 bits per heavy atom. The zero-order chi connectivity index (χ0) is 10.2. The van der Waals surface area contributed by atoms with Crippen LogP contribution >= 0.6 is 0 Å². The predicted molar refractivity (Wildman–Crippen MR) is 62.1 cm³/mol. The van der Waals surface area contributed by atoms with Gasteiger partial charge in [0.15, 0.2) is 0 Å². The van der Waals surface area contributed by atoms with Crippen LogP contribution in [0.15, 0.2) is 41.8 Å². The van der Waals surface area contributed by atoms with E-state index in [2.05, 4.69) is 29.5 Å². The molecule has 0 aliphatic carbocycles. The number of hydrogen-bond acceptors (Lipinski definition) is 2. The van der Waals surface area contributed by atoms with Crippen molar-refractivity contribution in [3.63, 3.8) is 0 Å². The molecule has 2 heteroatoms. The molecule has 1 aliphatic rings. The van der Waals surface area contributed by atoms with Crippen molar-refractivity contribution < 1.29 is 0 Å². The van der Waals surface area contributed by atoms with Gasteiger partial charge >= 0.3 is 0 Å². The molecular formula is C12H18N2. The summed E-state index contributed by atoms with van der Waals surface area (Å²) >= 11 is 0. The molecule has 0 amide bonds. The third-order valence-electron chi connectivity index (χ3n) is 2.08. The molecule has 0 aromatic rings. The van der Waals surface area contributed by atoms with Gasteiger partial charge in [0.25, 0.3) is 0 Å². The van der Waals surface area contributed by atoms with Gasteiger partial charge in [-0.25, -0.2) is 4.99 Å². The molecule has 0 atom stereocenters. The van der Waals surface area contributed by atoms with Gasteiger partial charge in [-0.15, -0.1) is 0 Å². The van der Waals surface area contributed by atoms with Crippen molar-refractivity contribution >= 4 is 6.21 Å². The monoisotopic (exact) mass is 190 g/mol. The van der Waals surface area contributed by atoms with E-state index in [1.165, 1.54) is 19.3 Å². The van der Waals surface area contributed by atoms with Gasteiger partial charge in [-0.2, -0.15) is 0 Å². The van der Waals surface area contributed by atoms with Gasteiger partial charge in [0.05, 0.1) is 0 Å². The van der Waals surface area contributed by atoms with E-state index < -0.39 is 0 Å². The molecule has 0 saturated heterocycles. The average molecular weight is 190 g/mol.